The molecule has 2 nitrogen and oxygen atoms in total. The highest BCUT2D eigenvalue weighted by molar-refractivity contribution is 5.52. The molecule has 0 fully saturated rings. The Morgan fingerprint density at radius 2 is 2.50 bits per heavy atom. The van der Waals surface area contributed by atoms with Gasteiger partial charge in [0, 0.05) is 12.3 Å². The van der Waals surface area contributed by atoms with Crippen molar-refractivity contribution in [3.63, 3.8) is 0 Å². The van der Waals surface area contributed by atoms with Crippen LogP contribution in [-0.2, 0) is 4.79 Å². The fourth-order valence-electron chi connectivity index (χ4n) is 0.360. The number of rotatable bonds is 3. The molecular weight excluding hydrogens is 102 g/mol. The zero-order valence-corrected chi connectivity index (χ0v) is 4.92. The third-order valence-electron chi connectivity index (χ3n) is 0.944. The molecule has 0 radical (unpaired) electrons. The molecule has 0 heterocycles. The smallest absolute Gasteiger partial charge is 0.122 e. The summed E-state index contributed by atoms with van der Waals surface area (Å²) in [4.78, 5) is 9.90. The maximum atomic E-state index is 9.90. The van der Waals surface area contributed by atoms with E-state index in [9.17, 15) is 4.79 Å². The van der Waals surface area contributed by atoms with Gasteiger partial charge in [-0.3, -0.25) is 0 Å². The fraction of sp³-hybridized carbons (Fsp3) is 0.667. The molecular formula is C6H9NO. The predicted molar refractivity (Wildman–Crippen MR) is 30.1 cm³/mol. The summed E-state index contributed by atoms with van der Waals surface area (Å²) >= 11 is 0. The molecule has 0 aliphatic heterocycles. The Bertz CT molecular complexity index is 104. The van der Waals surface area contributed by atoms with Crippen molar-refractivity contribution in [3.05, 3.63) is 0 Å². The first kappa shape index (κ1) is 7.16. The van der Waals surface area contributed by atoms with E-state index in [0.717, 1.165) is 6.29 Å². The summed E-state index contributed by atoms with van der Waals surface area (Å²) in [5, 5.41) is 8.04. The summed E-state index contributed by atoms with van der Waals surface area (Å²) < 4.78 is 0. The molecule has 1 unspecified atom stereocenters. The van der Waals surface area contributed by atoms with E-state index < -0.39 is 0 Å². The monoisotopic (exact) mass is 111 g/mol. The van der Waals surface area contributed by atoms with Gasteiger partial charge in [-0.15, -0.1) is 0 Å². The van der Waals surface area contributed by atoms with Gasteiger partial charge in [-0.25, -0.2) is 0 Å². The molecule has 0 aromatic heterocycles. The van der Waals surface area contributed by atoms with E-state index in [1.807, 2.05) is 13.0 Å². The van der Waals surface area contributed by atoms with Gasteiger partial charge in [0.1, 0.15) is 6.29 Å². The summed E-state index contributed by atoms with van der Waals surface area (Å²) in [6.45, 7) is 1.81. The standard InChI is InChI=1S/C6H9NO/c1-6(5-8)3-2-4-7/h5-6H,2-3H2,1H3. The van der Waals surface area contributed by atoms with Crippen molar-refractivity contribution in [2.24, 2.45) is 5.92 Å². The molecule has 0 rings (SSSR count). The van der Waals surface area contributed by atoms with Crippen LogP contribution in [0.2, 0.25) is 0 Å². The number of nitriles is 1. The van der Waals surface area contributed by atoms with Crippen molar-refractivity contribution < 1.29 is 4.79 Å². The van der Waals surface area contributed by atoms with E-state index in [4.69, 9.17) is 5.26 Å². The Morgan fingerprint density at radius 1 is 1.88 bits per heavy atom. The Kier molecular flexibility index (Phi) is 3.87. The Labute approximate surface area is 49.1 Å². The van der Waals surface area contributed by atoms with Crippen LogP contribution < -0.4 is 0 Å². The van der Waals surface area contributed by atoms with Gasteiger partial charge in [-0.1, -0.05) is 6.92 Å². The largest absolute Gasteiger partial charge is 0.303 e. The van der Waals surface area contributed by atoms with Crippen LogP contribution in [0.1, 0.15) is 19.8 Å². The average Bonchev–Trinajstić information content (AvgIpc) is 1.83. The molecule has 8 heavy (non-hydrogen) atoms. The molecule has 0 aliphatic rings. The predicted octanol–water partition coefficient (Wildman–Crippen LogP) is 1.13. The molecule has 0 amide bonds. The molecule has 0 aromatic rings. The molecule has 1 atom stereocenters. The van der Waals surface area contributed by atoms with Gasteiger partial charge in [0.15, 0.2) is 0 Å². The van der Waals surface area contributed by atoms with Crippen LogP contribution in [0, 0.1) is 17.2 Å². The minimum absolute atomic E-state index is 0.0506. The van der Waals surface area contributed by atoms with Gasteiger partial charge in [0.05, 0.1) is 6.07 Å². The lowest BCUT2D eigenvalue weighted by Gasteiger charge is -1.93. The van der Waals surface area contributed by atoms with Crippen LogP contribution in [0.15, 0.2) is 0 Å². The summed E-state index contributed by atoms with van der Waals surface area (Å²) in [6, 6.07) is 1.97. The average molecular weight is 111 g/mol. The Balaban J connectivity index is 3.13. The van der Waals surface area contributed by atoms with Gasteiger partial charge >= 0.3 is 0 Å². The summed E-state index contributed by atoms with van der Waals surface area (Å²) in [7, 11) is 0. The van der Waals surface area contributed by atoms with Gasteiger partial charge in [0.2, 0.25) is 0 Å². The van der Waals surface area contributed by atoms with E-state index in [1.165, 1.54) is 0 Å². The van der Waals surface area contributed by atoms with Gasteiger partial charge in [-0.2, -0.15) is 5.26 Å². The van der Waals surface area contributed by atoms with Crippen LogP contribution in [0.3, 0.4) is 0 Å². The fourth-order valence-corrected chi connectivity index (χ4v) is 0.360. The zero-order chi connectivity index (χ0) is 6.41. The second kappa shape index (κ2) is 4.32. The van der Waals surface area contributed by atoms with Crippen molar-refractivity contribution in [2.45, 2.75) is 19.8 Å². The topological polar surface area (TPSA) is 40.9 Å². The van der Waals surface area contributed by atoms with Crippen molar-refractivity contribution >= 4 is 6.29 Å². The van der Waals surface area contributed by atoms with E-state index in [0.29, 0.717) is 12.8 Å². The molecule has 0 aliphatic carbocycles. The minimum Gasteiger partial charge on any atom is -0.303 e. The Morgan fingerprint density at radius 3 is 2.88 bits per heavy atom. The van der Waals surface area contributed by atoms with Crippen molar-refractivity contribution in [1.82, 2.24) is 0 Å². The summed E-state index contributed by atoms with van der Waals surface area (Å²) in [6.07, 6.45) is 2.05. The van der Waals surface area contributed by atoms with Crippen molar-refractivity contribution in [2.75, 3.05) is 0 Å². The minimum atomic E-state index is 0.0506. The number of nitrogens with zero attached hydrogens (tertiary/aromatic N) is 1. The maximum Gasteiger partial charge on any atom is 0.122 e. The molecule has 0 saturated heterocycles. The van der Waals surface area contributed by atoms with Gasteiger partial charge < -0.3 is 4.79 Å². The molecule has 0 saturated carbocycles. The van der Waals surface area contributed by atoms with Crippen molar-refractivity contribution in [1.29, 1.82) is 5.26 Å². The highest BCUT2D eigenvalue weighted by Crippen LogP contribution is 1.98. The van der Waals surface area contributed by atoms with Gasteiger partial charge in [-0.05, 0) is 6.42 Å². The van der Waals surface area contributed by atoms with E-state index in [-0.39, 0.29) is 5.92 Å². The molecule has 44 valence electrons. The molecule has 0 bridgehead atoms. The Hall–Kier alpha value is -0.840. The number of carbonyl (C=O) groups excluding carboxylic acids is 1. The number of aldehydes is 1. The quantitative estimate of drug-likeness (QED) is 0.512. The third kappa shape index (κ3) is 3.35. The molecule has 0 N–H and O–H groups in total. The first-order valence-electron chi connectivity index (χ1n) is 2.63. The highest BCUT2D eigenvalue weighted by Gasteiger charge is 1.95. The van der Waals surface area contributed by atoms with E-state index >= 15 is 0 Å². The van der Waals surface area contributed by atoms with Crippen LogP contribution in [-0.4, -0.2) is 6.29 Å². The summed E-state index contributed by atoms with van der Waals surface area (Å²) in [5.74, 6) is 0.0506. The molecule has 0 aromatic carbocycles. The maximum absolute atomic E-state index is 9.90. The third-order valence-corrected chi connectivity index (χ3v) is 0.944. The van der Waals surface area contributed by atoms with Crippen LogP contribution in [0.4, 0.5) is 0 Å². The highest BCUT2D eigenvalue weighted by atomic mass is 16.1. The number of carbonyl (C=O) groups is 1. The molecule has 2 heteroatoms. The lowest BCUT2D eigenvalue weighted by atomic mass is 10.1. The van der Waals surface area contributed by atoms with Crippen LogP contribution in [0.25, 0.3) is 0 Å². The zero-order valence-electron chi connectivity index (χ0n) is 4.92. The van der Waals surface area contributed by atoms with Crippen LogP contribution in [0.5, 0.6) is 0 Å². The molecule has 0 spiro atoms. The second-order valence-electron chi connectivity index (χ2n) is 1.81. The van der Waals surface area contributed by atoms with Crippen molar-refractivity contribution in [3.8, 4) is 6.07 Å². The lowest BCUT2D eigenvalue weighted by Crippen LogP contribution is -1.93. The van der Waals surface area contributed by atoms with E-state index in [1.54, 1.807) is 0 Å². The summed E-state index contributed by atoms with van der Waals surface area (Å²) in [5.41, 5.74) is 0. The number of hydrogen-bond acceptors (Lipinski definition) is 2. The first-order valence-corrected chi connectivity index (χ1v) is 2.63. The normalized spacial score (nSPS) is 12.0. The number of hydrogen-bond donors (Lipinski definition) is 0. The lowest BCUT2D eigenvalue weighted by molar-refractivity contribution is -0.110. The second-order valence-corrected chi connectivity index (χ2v) is 1.81. The van der Waals surface area contributed by atoms with Crippen LogP contribution >= 0.6 is 0 Å². The first-order chi connectivity index (χ1) is 3.81. The van der Waals surface area contributed by atoms with Gasteiger partial charge in [0.25, 0.3) is 0 Å². The SMILES string of the molecule is CC(C=O)CCC#N. The van der Waals surface area contributed by atoms with E-state index in [2.05, 4.69) is 0 Å².